The molecule has 2 N–H and O–H groups in total. The molecule has 5 nitrogen and oxygen atoms in total. The molecule has 17 heavy (non-hydrogen) atoms. The fourth-order valence-electron chi connectivity index (χ4n) is 1.76. The lowest BCUT2D eigenvalue weighted by Crippen LogP contribution is -2.06. The maximum absolute atomic E-state index is 5.72. The molecule has 0 unspecified atom stereocenters. The zero-order valence-corrected chi connectivity index (χ0v) is 10.3. The molecule has 0 aliphatic carbocycles. The lowest BCUT2D eigenvalue weighted by Gasteiger charge is -2.09. The first-order chi connectivity index (χ1) is 8.10. The Bertz CT molecular complexity index is 533. The monoisotopic (exact) mass is 232 g/mol. The highest BCUT2D eigenvalue weighted by Crippen LogP contribution is 2.22. The Morgan fingerprint density at radius 3 is 2.71 bits per heavy atom. The molecule has 0 fully saturated rings. The van der Waals surface area contributed by atoms with Gasteiger partial charge in [-0.25, -0.2) is 9.67 Å². The first-order valence-electron chi connectivity index (χ1n) is 5.40. The van der Waals surface area contributed by atoms with Crippen molar-refractivity contribution in [1.82, 2.24) is 14.8 Å². The van der Waals surface area contributed by atoms with Crippen LogP contribution in [0.1, 0.15) is 17.2 Å². The molecule has 0 aliphatic heterocycles. The summed E-state index contributed by atoms with van der Waals surface area (Å²) < 4.78 is 7.15. The quantitative estimate of drug-likeness (QED) is 0.815. The minimum atomic E-state index is 0.635. The highest BCUT2D eigenvalue weighted by molar-refractivity contribution is 5.48. The van der Waals surface area contributed by atoms with Gasteiger partial charge in [-0.3, -0.25) is 0 Å². The standard InChI is InChI=1S/C12H16N4O/c1-8-14-9(2)16(15-8)7-10-4-5-11(13)6-12(10)17-3/h4-6H,7,13H2,1-3H3. The summed E-state index contributed by atoms with van der Waals surface area (Å²) in [6.45, 7) is 4.45. The third kappa shape index (κ3) is 2.38. The predicted octanol–water partition coefficient (Wildman–Crippen LogP) is 1.53. The van der Waals surface area contributed by atoms with Crippen LogP contribution in [0.3, 0.4) is 0 Å². The van der Waals surface area contributed by atoms with Crippen LogP contribution < -0.4 is 10.5 Å². The van der Waals surface area contributed by atoms with Crippen LogP contribution in [-0.4, -0.2) is 21.9 Å². The number of benzene rings is 1. The molecule has 0 radical (unpaired) electrons. The smallest absolute Gasteiger partial charge is 0.147 e. The summed E-state index contributed by atoms with van der Waals surface area (Å²) in [6, 6.07) is 5.62. The Balaban J connectivity index is 2.32. The maximum Gasteiger partial charge on any atom is 0.147 e. The van der Waals surface area contributed by atoms with E-state index in [-0.39, 0.29) is 0 Å². The van der Waals surface area contributed by atoms with Crippen molar-refractivity contribution in [2.75, 3.05) is 12.8 Å². The van der Waals surface area contributed by atoms with E-state index in [0.29, 0.717) is 12.2 Å². The largest absolute Gasteiger partial charge is 0.496 e. The van der Waals surface area contributed by atoms with Gasteiger partial charge in [0.25, 0.3) is 0 Å². The summed E-state index contributed by atoms with van der Waals surface area (Å²) in [7, 11) is 1.64. The second-order valence-electron chi connectivity index (χ2n) is 3.94. The topological polar surface area (TPSA) is 66.0 Å². The van der Waals surface area contributed by atoms with Gasteiger partial charge in [0.2, 0.25) is 0 Å². The van der Waals surface area contributed by atoms with Crippen LogP contribution in [0.5, 0.6) is 5.75 Å². The Kier molecular flexibility index (Phi) is 2.99. The minimum Gasteiger partial charge on any atom is -0.496 e. The van der Waals surface area contributed by atoms with Crippen molar-refractivity contribution in [3.63, 3.8) is 0 Å². The molecule has 2 aromatic rings. The first kappa shape index (κ1) is 11.4. The van der Waals surface area contributed by atoms with Gasteiger partial charge in [0.1, 0.15) is 17.4 Å². The van der Waals surface area contributed by atoms with E-state index in [9.17, 15) is 0 Å². The first-order valence-corrected chi connectivity index (χ1v) is 5.40. The fourth-order valence-corrected chi connectivity index (χ4v) is 1.76. The van der Waals surface area contributed by atoms with Crippen molar-refractivity contribution < 1.29 is 4.74 Å². The van der Waals surface area contributed by atoms with Gasteiger partial charge in [-0.2, -0.15) is 5.10 Å². The zero-order valence-electron chi connectivity index (χ0n) is 10.3. The number of methoxy groups -OCH3 is 1. The number of ether oxygens (including phenoxy) is 1. The molecule has 5 heteroatoms. The molecule has 0 amide bonds. The maximum atomic E-state index is 5.72. The second-order valence-corrected chi connectivity index (χ2v) is 3.94. The van der Waals surface area contributed by atoms with E-state index >= 15 is 0 Å². The molecule has 0 bridgehead atoms. The van der Waals surface area contributed by atoms with E-state index in [2.05, 4.69) is 10.1 Å². The molecule has 0 saturated heterocycles. The van der Waals surface area contributed by atoms with Crippen molar-refractivity contribution in [3.05, 3.63) is 35.4 Å². The Morgan fingerprint density at radius 1 is 1.35 bits per heavy atom. The molecule has 0 spiro atoms. The number of aryl methyl sites for hydroxylation is 2. The third-order valence-corrected chi connectivity index (χ3v) is 2.59. The van der Waals surface area contributed by atoms with Gasteiger partial charge in [0.15, 0.2) is 0 Å². The van der Waals surface area contributed by atoms with Gasteiger partial charge in [-0.05, 0) is 19.9 Å². The lowest BCUT2D eigenvalue weighted by atomic mass is 10.2. The number of hydrogen-bond donors (Lipinski definition) is 1. The molecule has 0 atom stereocenters. The average molecular weight is 232 g/mol. The van der Waals surface area contributed by atoms with Gasteiger partial charge >= 0.3 is 0 Å². The summed E-state index contributed by atoms with van der Waals surface area (Å²) in [6.07, 6.45) is 0. The highest BCUT2D eigenvalue weighted by Gasteiger charge is 2.08. The van der Waals surface area contributed by atoms with Crippen molar-refractivity contribution >= 4 is 5.69 Å². The van der Waals surface area contributed by atoms with Crippen LogP contribution in [0.4, 0.5) is 5.69 Å². The number of anilines is 1. The summed E-state index contributed by atoms with van der Waals surface area (Å²) in [5.41, 5.74) is 7.44. The normalized spacial score (nSPS) is 10.5. The Hall–Kier alpha value is -2.04. The Morgan fingerprint density at radius 2 is 2.12 bits per heavy atom. The van der Waals surface area contributed by atoms with Crippen molar-refractivity contribution in [3.8, 4) is 5.75 Å². The van der Waals surface area contributed by atoms with Crippen LogP contribution >= 0.6 is 0 Å². The van der Waals surface area contributed by atoms with Crippen LogP contribution in [0.25, 0.3) is 0 Å². The number of hydrogen-bond acceptors (Lipinski definition) is 4. The van der Waals surface area contributed by atoms with Gasteiger partial charge in [0, 0.05) is 17.3 Å². The van der Waals surface area contributed by atoms with Gasteiger partial charge in [0.05, 0.1) is 13.7 Å². The summed E-state index contributed by atoms with van der Waals surface area (Å²) in [5.74, 6) is 2.44. The number of nitrogens with zero attached hydrogens (tertiary/aromatic N) is 3. The summed E-state index contributed by atoms with van der Waals surface area (Å²) >= 11 is 0. The van der Waals surface area contributed by atoms with Crippen LogP contribution in [0, 0.1) is 13.8 Å². The van der Waals surface area contributed by atoms with Crippen LogP contribution in [-0.2, 0) is 6.54 Å². The van der Waals surface area contributed by atoms with Crippen molar-refractivity contribution in [2.45, 2.75) is 20.4 Å². The minimum absolute atomic E-state index is 0.635. The van der Waals surface area contributed by atoms with E-state index in [1.54, 1.807) is 7.11 Å². The number of nitrogens with two attached hydrogens (primary N) is 1. The van der Waals surface area contributed by atoms with Crippen LogP contribution in [0.15, 0.2) is 18.2 Å². The molecule has 2 rings (SSSR count). The summed E-state index contributed by atoms with van der Waals surface area (Å²) in [4.78, 5) is 4.27. The zero-order chi connectivity index (χ0) is 12.4. The average Bonchev–Trinajstić information content (AvgIpc) is 2.60. The summed E-state index contributed by atoms with van der Waals surface area (Å²) in [5, 5.41) is 4.32. The SMILES string of the molecule is COc1cc(N)ccc1Cn1nc(C)nc1C. The lowest BCUT2D eigenvalue weighted by molar-refractivity contribution is 0.407. The van der Waals surface area contributed by atoms with Crippen molar-refractivity contribution in [2.24, 2.45) is 0 Å². The molecular formula is C12H16N4O. The second kappa shape index (κ2) is 4.45. The highest BCUT2D eigenvalue weighted by atomic mass is 16.5. The Labute approximate surface area is 100 Å². The van der Waals surface area contributed by atoms with E-state index in [4.69, 9.17) is 10.5 Å². The van der Waals surface area contributed by atoms with Gasteiger partial charge < -0.3 is 10.5 Å². The third-order valence-electron chi connectivity index (χ3n) is 2.59. The molecule has 90 valence electrons. The van der Waals surface area contributed by atoms with E-state index in [1.807, 2.05) is 36.7 Å². The predicted molar refractivity (Wildman–Crippen MR) is 66.0 cm³/mol. The van der Waals surface area contributed by atoms with E-state index < -0.39 is 0 Å². The van der Waals surface area contributed by atoms with Crippen LogP contribution in [0.2, 0.25) is 0 Å². The molecular weight excluding hydrogens is 216 g/mol. The molecule has 0 aliphatic rings. The van der Waals surface area contributed by atoms with E-state index in [0.717, 1.165) is 23.0 Å². The molecule has 1 heterocycles. The van der Waals surface area contributed by atoms with Gasteiger partial charge in [-0.1, -0.05) is 6.07 Å². The van der Waals surface area contributed by atoms with E-state index in [1.165, 1.54) is 0 Å². The fraction of sp³-hybridized carbons (Fsp3) is 0.333. The number of aromatic nitrogens is 3. The molecule has 0 saturated carbocycles. The number of nitrogen functional groups attached to an aromatic ring is 1. The van der Waals surface area contributed by atoms with Gasteiger partial charge in [-0.15, -0.1) is 0 Å². The number of rotatable bonds is 3. The molecule has 1 aromatic heterocycles. The molecule has 1 aromatic carbocycles. The van der Waals surface area contributed by atoms with Crippen molar-refractivity contribution in [1.29, 1.82) is 0 Å².